The molecule has 3 aromatic heterocycles. The van der Waals surface area contributed by atoms with Crippen LogP contribution in [0.2, 0.25) is 0 Å². The Kier molecular flexibility index (Phi) is 4.01. The molecular weight excluding hydrogens is 328 g/mol. The smallest absolute Gasteiger partial charge is 0.255 e. The number of aryl methyl sites for hydroxylation is 1. The van der Waals surface area contributed by atoms with Gasteiger partial charge in [0.1, 0.15) is 17.4 Å². The van der Waals surface area contributed by atoms with Crippen LogP contribution in [0, 0.1) is 6.92 Å². The number of para-hydroxylation sites is 1. The molecule has 0 bridgehead atoms. The van der Waals surface area contributed by atoms with Gasteiger partial charge in [-0.15, -0.1) is 0 Å². The number of rotatable bonds is 4. The van der Waals surface area contributed by atoms with Crippen LogP contribution in [-0.2, 0) is 7.05 Å². The second-order valence-electron chi connectivity index (χ2n) is 6.15. The van der Waals surface area contributed by atoms with Crippen molar-refractivity contribution >= 4 is 16.9 Å². The second kappa shape index (κ2) is 6.48. The zero-order valence-electron chi connectivity index (χ0n) is 14.5. The van der Waals surface area contributed by atoms with Crippen LogP contribution in [0.4, 0.5) is 0 Å². The predicted octanol–water partition coefficient (Wildman–Crippen LogP) is 3.39. The molecule has 130 valence electrons. The molecule has 6 nitrogen and oxygen atoms in total. The number of pyridine rings is 1. The molecule has 0 saturated heterocycles. The van der Waals surface area contributed by atoms with Gasteiger partial charge in [-0.3, -0.25) is 14.5 Å². The molecule has 0 aliphatic rings. The minimum Gasteiger partial charge on any atom is -0.459 e. The van der Waals surface area contributed by atoms with Crippen molar-refractivity contribution < 1.29 is 9.21 Å². The quantitative estimate of drug-likeness (QED) is 0.615. The first-order valence-electron chi connectivity index (χ1n) is 8.31. The van der Waals surface area contributed by atoms with E-state index in [-0.39, 0.29) is 5.91 Å². The van der Waals surface area contributed by atoms with Gasteiger partial charge in [-0.2, -0.15) is 5.10 Å². The summed E-state index contributed by atoms with van der Waals surface area (Å²) in [6, 6.07) is 13.0. The number of carbonyl (C=O) groups is 1. The molecule has 1 amide bonds. The highest BCUT2D eigenvalue weighted by Gasteiger charge is 2.23. The fraction of sp³-hybridized carbons (Fsp3) is 0.150. The maximum absolute atomic E-state index is 12.8. The molecule has 26 heavy (non-hydrogen) atoms. The molecule has 3 heterocycles. The Morgan fingerprint density at radius 2 is 2.04 bits per heavy atom. The molecule has 0 fully saturated rings. The van der Waals surface area contributed by atoms with Crippen LogP contribution in [-0.4, -0.2) is 20.7 Å². The van der Waals surface area contributed by atoms with Gasteiger partial charge in [0, 0.05) is 36.1 Å². The van der Waals surface area contributed by atoms with Crippen LogP contribution >= 0.6 is 0 Å². The molecule has 1 N–H and O–H groups in total. The van der Waals surface area contributed by atoms with Gasteiger partial charge in [0.25, 0.3) is 5.91 Å². The third kappa shape index (κ3) is 2.86. The fourth-order valence-corrected chi connectivity index (χ4v) is 2.94. The number of nitrogens with one attached hydrogen (secondary N) is 1. The predicted molar refractivity (Wildman–Crippen MR) is 97.7 cm³/mol. The lowest BCUT2D eigenvalue weighted by molar-refractivity contribution is 0.0938. The van der Waals surface area contributed by atoms with Crippen molar-refractivity contribution in [3.8, 4) is 0 Å². The summed E-state index contributed by atoms with van der Waals surface area (Å²) in [5.74, 6) is 0.457. The summed E-state index contributed by atoms with van der Waals surface area (Å²) in [7, 11) is 1.81. The van der Waals surface area contributed by atoms with Crippen molar-refractivity contribution in [2.45, 2.75) is 13.0 Å². The first kappa shape index (κ1) is 16.1. The van der Waals surface area contributed by atoms with Crippen LogP contribution in [0.3, 0.4) is 0 Å². The van der Waals surface area contributed by atoms with Crippen molar-refractivity contribution in [3.05, 3.63) is 83.6 Å². The van der Waals surface area contributed by atoms with Crippen molar-refractivity contribution in [3.63, 3.8) is 0 Å². The van der Waals surface area contributed by atoms with Gasteiger partial charge in [-0.05, 0) is 25.1 Å². The van der Waals surface area contributed by atoms with Crippen molar-refractivity contribution in [1.82, 2.24) is 20.1 Å². The molecule has 6 heteroatoms. The van der Waals surface area contributed by atoms with E-state index in [1.165, 1.54) is 0 Å². The molecule has 0 spiro atoms. The lowest BCUT2D eigenvalue weighted by Gasteiger charge is -2.16. The molecule has 0 unspecified atom stereocenters. The Hall–Kier alpha value is -3.41. The standard InChI is InChI=1S/C20H18N4O2/c1-13-16(12-22-24(13)2)20(25)23-19(15-7-5-9-21-11-15)18-10-14-6-3-4-8-17(14)26-18/h3-12,19H,1-2H3,(H,23,25)/t19-/m0/s1. The Morgan fingerprint density at radius 3 is 2.73 bits per heavy atom. The largest absolute Gasteiger partial charge is 0.459 e. The number of hydrogen-bond donors (Lipinski definition) is 1. The van der Waals surface area contributed by atoms with Crippen LogP contribution in [0.25, 0.3) is 11.0 Å². The topological polar surface area (TPSA) is 73.0 Å². The number of benzene rings is 1. The minimum atomic E-state index is -0.441. The van der Waals surface area contributed by atoms with E-state index in [0.717, 1.165) is 22.2 Å². The van der Waals surface area contributed by atoms with Gasteiger partial charge in [-0.1, -0.05) is 24.3 Å². The van der Waals surface area contributed by atoms with E-state index in [9.17, 15) is 4.79 Å². The van der Waals surface area contributed by atoms with Crippen molar-refractivity contribution in [2.75, 3.05) is 0 Å². The van der Waals surface area contributed by atoms with Gasteiger partial charge < -0.3 is 9.73 Å². The summed E-state index contributed by atoms with van der Waals surface area (Å²) in [6.07, 6.45) is 5.00. The third-order valence-corrected chi connectivity index (χ3v) is 4.50. The van der Waals surface area contributed by atoms with E-state index in [1.54, 1.807) is 23.3 Å². The summed E-state index contributed by atoms with van der Waals surface area (Å²) >= 11 is 0. The van der Waals surface area contributed by atoms with Crippen LogP contribution < -0.4 is 5.32 Å². The van der Waals surface area contributed by atoms with Gasteiger partial charge in [0.2, 0.25) is 0 Å². The molecule has 0 radical (unpaired) electrons. The molecule has 4 rings (SSSR count). The fourth-order valence-electron chi connectivity index (χ4n) is 2.94. The molecular formula is C20H18N4O2. The summed E-state index contributed by atoms with van der Waals surface area (Å²) < 4.78 is 7.67. The van der Waals surface area contributed by atoms with E-state index in [4.69, 9.17) is 4.42 Å². The summed E-state index contributed by atoms with van der Waals surface area (Å²) in [4.78, 5) is 17.0. The van der Waals surface area contributed by atoms with Gasteiger partial charge >= 0.3 is 0 Å². The monoisotopic (exact) mass is 346 g/mol. The molecule has 0 aliphatic heterocycles. The zero-order valence-corrected chi connectivity index (χ0v) is 14.5. The van der Waals surface area contributed by atoms with E-state index in [2.05, 4.69) is 15.4 Å². The van der Waals surface area contributed by atoms with E-state index >= 15 is 0 Å². The van der Waals surface area contributed by atoms with E-state index < -0.39 is 6.04 Å². The van der Waals surface area contributed by atoms with Crippen LogP contribution in [0.5, 0.6) is 0 Å². The lowest BCUT2D eigenvalue weighted by atomic mass is 10.1. The lowest BCUT2D eigenvalue weighted by Crippen LogP contribution is -2.29. The number of nitrogens with zero attached hydrogens (tertiary/aromatic N) is 3. The Labute approximate surface area is 150 Å². The number of hydrogen-bond acceptors (Lipinski definition) is 4. The Morgan fingerprint density at radius 1 is 1.19 bits per heavy atom. The molecule has 1 atom stereocenters. The first-order valence-corrected chi connectivity index (χ1v) is 8.31. The summed E-state index contributed by atoms with van der Waals surface area (Å²) in [6.45, 7) is 1.86. The molecule has 1 aromatic carbocycles. The average molecular weight is 346 g/mol. The maximum atomic E-state index is 12.8. The number of carbonyl (C=O) groups excluding carboxylic acids is 1. The normalized spacial score (nSPS) is 12.2. The highest BCUT2D eigenvalue weighted by atomic mass is 16.3. The Bertz CT molecular complexity index is 1030. The van der Waals surface area contributed by atoms with Gasteiger partial charge in [0.15, 0.2) is 0 Å². The SMILES string of the molecule is Cc1c(C(=O)N[C@@H](c2cccnc2)c2cc3ccccc3o2)cnn1C. The summed E-state index contributed by atoms with van der Waals surface area (Å²) in [5.41, 5.74) is 2.97. The molecule has 0 aliphatic carbocycles. The molecule has 0 saturated carbocycles. The van der Waals surface area contributed by atoms with Crippen molar-refractivity contribution in [1.29, 1.82) is 0 Å². The number of amides is 1. The highest BCUT2D eigenvalue weighted by molar-refractivity contribution is 5.95. The maximum Gasteiger partial charge on any atom is 0.255 e. The number of fused-ring (bicyclic) bond motifs is 1. The molecule has 4 aromatic rings. The first-order chi connectivity index (χ1) is 12.6. The minimum absolute atomic E-state index is 0.204. The van der Waals surface area contributed by atoms with Gasteiger partial charge in [-0.25, -0.2) is 0 Å². The highest BCUT2D eigenvalue weighted by Crippen LogP contribution is 2.28. The van der Waals surface area contributed by atoms with Crippen molar-refractivity contribution in [2.24, 2.45) is 7.05 Å². The third-order valence-electron chi connectivity index (χ3n) is 4.50. The summed E-state index contributed by atoms with van der Waals surface area (Å²) in [5, 5.41) is 8.19. The number of aromatic nitrogens is 3. The van der Waals surface area contributed by atoms with E-state index in [1.807, 2.05) is 56.4 Å². The van der Waals surface area contributed by atoms with Crippen LogP contribution in [0.15, 0.2) is 65.5 Å². The Balaban J connectivity index is 1.74. The zero-order chi connectivity index (χ0) is 18.1. The van der Waals surface area contributed by atoms with E-state index in [0.29, 0.717) is 11.3 Å². The van der Waals surface area contributed by atoms with Crippen LogP contribution in [0.1, 0.15) is 33.4 Å². The van der Waals surface area contributed by atoms with Gasteiger partial charge in [0.05, 0.1) is 11.8 Å². The average Bonchev–Trinajstić information content (AvgIpc) is 3.24. The number of furan rings is 1. The second-order valence-corrected chi connectivity index (χ2v) is 6.15.